The Hall–Kier alpha value is -3.07. The van der Waals surface area contributed by atoms with Crippen LogP contribution in [-0.4, -0.2) is 9.38 Å². The van der Waals surface area contributed by atoms with Crippen LogP contribution < -0.4 is 5.73 Å². The van der Waals surface area contributed by atoms with Gasteiger partial charge in [-0.15, -0.1) is 0 Å². The van der Waals surface area contributed by atoms with Crippen LogP contribution in [0.25, 0.3) is 38.4 Å². The highest BCUT2D eigenvalue weighted by Gasteiger charge is 2.12. The first-order valence-electron chi connectivity index (χ1n) is 7.30. The minimum atomic E-state index is 0.779. The number of nitrogens with two attached hydrogens (primary N) is 1. The molecule has 3 heteroatoms. The normalized spacial score (nSPS) is 11.8. The van der Waals surface area contributed by atoms with E-state index in [2.05, 4.69) is 52.9 Å². The molecule has 0 radical (unpaired) electrons. The van der Waals surface area contributed by atoms with Gasteiger partial charge >= 0.3 is 0 Å². The van der Waals surface area contributed by atoms with Gasteiger partial charge in [-0.1, -0.05) is 36.4 Å². The summed E-state index contributed by atoms with van der Waals surface area (Å²) >= 11 is 0. The first kappa shape index (κ1) is 11.6. The summed E-state index contributed by atoms with van der Waals surface area (Å²) in [7, 11) is 0. The van der Waals surface area contributed by atoms with E-state index in [0.29, 0.717) is 0 Å². The number of imidazole rings is 1. The summed E-state index contributed by atoms with van der Waals surface area (Å²) in [4.78, 5) is 4.85. The average molecular weight is 283 g/mol. The lowest BCUT2D eigenvalue weighted by atomic mass is 10.1. The van der Waals surface area contributed by atoms with Gasteiger partial charge in [0.05, 0.1) is 16.6 Å². The third-order valence-electron chi connectivity index (χ3n) is 4.28. The van der Waals surface area contributed by atoms with Crippen LogP contribution in [-0.2, 0) is 0 Å². The fraction of sp³-hybridized carbons (Fsp3) is 0. The zero-order valence-electron chi connectivity index (χ0n) is 11.8. The third kappa shape index (κ3) is 1.37. The molecule has 0 saturated heterocycles. The van der Waals surface area contributed by atoms with Gasteiger partial charge in [0.15, 0.2) is 0 Å². The number of hydrogen-bond donors (Lipinski definition) is 1. The van der Waals surface area contributed by atoms with Crippen molar-refractivity contribution in [3.05, 3.63) is 66.7 Å². The maximum absolute atomic E-state index is 6.02. The third-order valence-corrected chi connectivity index (χ3v) is 4.28. The van der Waals surface area contributed by atoms with Gasteiger partial charge in [-0.2, -0.15) is 0 Å². The average Bonchev–Trinajstić information content (AvgIpc) is 2.95. The summed E-state index contributed by atoms with van der Waals surface area (Å²) < 4.78 is 2.23. The van der Waals surface area contributed by atoms with E-state index in [-0.39, 0.29) is 0 Å². The van der Waals surface area contributed by atoms with E-state index in [1.54, 1.807) is 0 Å². The molecule has 0 amide bonds. The Morgan fingerprint density at radius 3 is 2.41 bits per heavy atom. The topological polar surface area (TPSA) is 43.3 Å². The van der Waals surface area contributed by atoms with E-state index >= 15 is 0 Å². The van der Waals surface area contributed by atoms with Crippen LogP contribution in [0.1, 0.15) is 0 Å². The molecule has 0 spiro atoms. The SMILES string of the molecule is Nc1ccc2c(c1)c1ccccc1c1nc3ccccc3n21. The van der Waals surface area contributed by atoms with Crippen LogP contribution in [0.4, 0.5) is 5.69 Å². The Morgan fingerprint density at radius 1 is 0.727 bits per heavy atom. The monoisotopic (exact) mass is 283 g/mol. The largest absolute Gasteiger partial charge is 0.399 e. The molecule has 2 heterocycles. The summed E-state index contributed by atoms with van der Waals surface area (Å²) in [6.45, 7) is 0. The zero-order valence-corrected chi connectivity index (χ0v) is 11.8. The first-order valence-corrected chi connectivity index (χ1v) is 7.30. The lowest BCUT2D eigenvalue weighted by molar-refractivity contribution is 1.31. The number of hydrogen-bond acceptors (Lipinski definition) is 2. The van der Waals surface area contributed by atoms with Crippen molar-refractivity contribution in [1.82, 2.24) is 9.38 Å². The van der Waals surface area contributed by atoms with Crippen LogP contribution in [0.3, 0.4) is 0 Å². The zero-order chi connectivity index (χ0) is 14.7. The number of pyridine rings is 1. The summed E-state index contributed by atoms with van der Waals surface area (Å²) in [6, 6.07) is 22.7. The smallest absolute Gasteiger partial charge is 0.146 e. The number of anilines is 1. The Kier molecular flexibility index (Phi) is 2.09. The summed E-state index contributed by atoms with van der Waals surface area (Å²) in [5.74, 6) is 0. The predicted octanol–water partition coefficient (Wildman–Crippen LogP) is 4.38. The van der Waals surface area contributed by atoms with Crippen molar-refractivity contribution in [3.8, 4) is 0 Å². The van der Waals surface area contributed by atoms with E-state index in [1.165, 1.54) is 5.39 Å². The molecule has 2 N–H and O–H groups in total. The minimum Gasteiger partial charge on any atom is -0.399 e. The summed E-state index contributed by atoms with van der Waals surface area (Å²) in [5, 5.41) is 3.50. The maximum Gasteiger partial charge on any atom is 0.146 e. The molecule has 3 nitrogen and oxygen atoms in total. The molecule has 0 saturated carbocycles. The molecule has 5 rings (SSSR count). The lowest BCUT2D eigenvalue weighted by Crippen LogP contribution is -1.93. The Labute approximate surface area is 126 Å². The molecule has 0 fully saturated rings. The molecule has 22 heavy (non-hydrogen) atoms. The molecule has 0 aliphatic heterocycles. The molecule has 3 aromatic carbocycles. The number of nitrogens with zero attached hydrogens (tertiary/aromatic N) is 2. The molecular weight excluding hydrogens is 270 g/mol. The molecule has 0 bridgehead atoms. The van der Waals surface area contributed by atoms with Crippen LogP contribution >= 0.6 is 0 Å². The molecule has 0 aliphatic carbocycles. The highest BCUT2D eigenvalue weighted by Crippen LogP contribution is 2.32. The molecule has 104 valence electrons. The van der Waals surface area contributed by atoms with E-state index in [1.807, 2.05) is 18.2 Å². The van der Waals surface area contributed by atoms with Crippen LogP contribution in [0.15, 0.2) is 66.7 Å². The number of rotatable bonds is 0. The molecule has 5 aromatic rings. The highest BCUT2D eigenvalue weighted by molar-refractivity contribution is 6.14. The van der Waals surface area contributed by atoms with Gasteiger partial charge in [0.25, 0.3) is 0 Å². The molecule has 0 aliphatic rings. The predicted molar refractivity (Wildman–Crippen MR) is 92.1 cm³/mol. The standard InChI is InChI=1S/C19H13N3/c20-12-9-10-17-15(11-12)13-5-1-2-6-14(13)19-21-16-7-3-4-8-18(16)22(17)19/h1-11H,20H2. The molecule has 0 unspecified atom stereocenters. The Bertz CT molecular complexity index is 1190. The second kappa shape index (κ2) is 3.98. The Morgan fingerprint density at radius 2 is 1.50 bits per heavy atom. The van der Waals surface area contributed by atoms with Gasteiger partial charge in [-0.3, -0.25) is 4.40 Å². The van der Waals surface area contributed by atoms with E-state index in [0.717, 1.165) is 38.7 Å². The second-order valence-corrected chi connectivity index (χ2v) is 5.58. The van der Waals surface area contributed by atoms with Gasteiger partial charge < -0.3 is 5.73 Å². The number of para-hydroxylation sites is 2. The Balaban J connectivity index is 2.23. The number of benzene rings is 3. The van der Waals surface area contributed by atoms with E-state index < -0.39 is 0 Å². The van der Waals surface area contributed by atoms with Gasteiger partial charge in [-0.05, 0) is 35.7 Å². The van der Waals surface area contributed by atoms with Gasteiger partial charge in [-0.25, -0.2) is 4.98 Å². The van der Waals surface area contributed by atoms with Crippen molar-refractivity contribution >= 4 is 44.0 Å². The number of aromatic nitrogens is 2. The first-order chi connectivity index (χ1) is 10.8. The van der Waals surface area contributed by atoms with Crippen LogP contribution in [0, 0.1) is 0 Å². The van der Waals surface area contributed by atoms with Crippen molar-refractivity contribution < 1.29 is 0 Å². The van der Waals surface area contributed by atoms with Crippen molar-refractivity contribution in [3.63, 3.8) is 0 Å². The quantitative estimate of drug-likeness (QED) is 0.338. The second-order valence-electron chi connectivity index (χ2n) is 5.58. The maximum atomic E-state index is 6.02. The number of nitrogen functional groups attached to an aromatic ring is 1. The molecular formula is C19H13N3. The minimum absolute atomic E-state index is 0.779. The van der Waals surface area contributed by atoms with E-state index in [4.69, 9.17) is 10.7 Å². The fourth-order valence-corrected chi connectivity index (χ4v) is 3.33. The van der Waals surface area contributed by atoms with Crippen LogP contribution in [0.2, 0.25) is 0 Å². The van der Waals surface area contributed by atoms with E-state index in [9.17, 15) is 0 Å². The fourth-order valence-electron chi connectivity index (χ4n) is 3.33. The van der Waals surface area contributed by atoms with Gasteiger partial charge in [0.2, 0.25) is 0 Å². The summed E-state index contributed by atoms with van der Waals surface area (Å²) in [6.07, 6.45) is 0. The van der Waals surface area contributed by atoms with Crippen LogP contribution in [0.5, 0.6) is 0 Å². The van der Waals surface area contributed by atoms with Gasteiger partial charge in [0, 0.05) is 16.5 Å². The lowest BCUT2D eigenvalue weighted by Gasteiger charge is -2.09. The van der Waals surface area contributed by atoms with Crippen molar-refractivity contribution in [2.45, 2.75) is 0 Å². The molecule has 2 aromatic heterocycles. The van der Waals surface area contributed by atoms with Crippen molar-refractivity contribution in [1.29, 1.82) is 0 Å². The van der Waals surface area contributed by atoms with Gasteiger partial charge in [0.1, 0.15) is 5.65 Å². The van der Waals surface area contributed by atoms with Crippen molar-refractivity contribution in [2.24, 2.45) is 0 Å². The van der Waals surface area contributed by atoms with Crippen molar-refractivity contribution in [2.75, 3.05) is 5.73 Å². The highest BCUT2D eigenvalue weighted by atomic mass is 15.0. The summed E-state index contributed by atoms with van der Waals surface area (Å²) in [5.41, 5.74) is 11.1. The molecule has 0 atom stereocenters. The number of fused-ring (bicyclic) bond motifs is 8.